The second kappa shape index (κ2) is 5.12. The number of hydrogen-bond acceptors (Lipinski definition) is 2. The number of aliphatic hydroxyl groups is 1. The zero-order valence-corrected chi connectivity index (χ0v) is 11.3. The molecule has 0 saturated heterocycles. The van der Waals surface area contributed by atoms with Crippen LogP contribution < -0.4 is 4.74 Å². The molecule has 1 aromatic rings. The van der Waals surface area contributed by atoms with E-state index in [-0.39, 0.29) is 5.82 Å². The van der Waals surface area contributed by atoms with Gasteiger partial charge in [0.1, 0.15) is 11.6 Å². The van der Waals surface area contributed by atoms with Gasteiger partial charge in [-0.25, -0.2) is 4.39 Å². The average molecular weight is 264 g/mol. The highest BCUT2D eigenvalue weighted by atomic mass is 19.1. The fraction of sp³-hybridized carbons (Fsp3) is 0.625. The van der Waals surface area contributed by atoms with E-state index in [2.05, 4.69) is 0 Å². The number of fused-ring (bicyclic) bond motifs is 2. The van der Waals surface area contributed by atoms with Gasteiger partial charge >= 0.3 is 0 Å². The first kappa shape index (κ1) is 12.9. The molecule has 0 radical (unpaired) electrons. The molecule has 104 valence electrons. The molecule has 3 rings (SSSR count). The van der Waals surface area contributed by atoms with Crippen molar-refractivity contribution in [3.8, 4) is 5.75 Å². The Hall–Kier alpha value is -1.09. The van der Waals surface area contributed by atoms with E-state index in [4.69, 9.17) is 4.74 Å². The predicted octanol–water partition coefficient (Wildman–Crippen LogP) is 3.69. The second-order valence-electron chi connectivity index (χ2n) is 6.11. The summed E-state index contributed by atoms with van der Waals surface area (Å²) < 4.78 is 19.4. The van der Waals surface area contributed by atoms with Crippen molar-refractivity contribution < 1.29 is 14.2 Å². The fourth-order valence-corrected chi connectivity index (χ4v) is 3.72. The molecular formula is C16H21FO2. The summed E-state index contributed by atoms with van der Waals surface area (Å²) in [5.41, 5.74) is 0.326. The number of halogens is 1. The topological polar surface area (TPSA) is 29.5 Å². The van der Waals surface area contributed by atoms with Crippen LogP contribution in [0.15, 0.2) is 18.2 Å². The first-order valence-corrected chi connectivity index (χ1v) is 7.24. The third-order valence-corrected chi connectivity index (χ3v) is 4.77. The van der Waals surface area contributed by atoms with E-state index < -0.39 is 6.10 Å². The summed E-state index contributed by atoms with van der Waals surface area (Å²) in [5, 5.41) is 9.39. The predicted molar refractivity (Wildman–Crippen MR) is 71.5 cm³/mol. The van der Waals surface area contributed by atoms with Crippen LogP contribution in [-0.2, 0) is 0 Å². The monoisotopic (exact) mass is 264 g/mol. The van der Waals surface area contributed by atoms with Crippen molar-refractivity contribution in [3.63, 3.8) is 0 Å². The van der Waals surface area contributed by atoms with Gasteiger partial charge in [0.15, 0.2) is 0 Å². The quantitative estimate of drug-likeness (QED) is 0.898. The van der Waals surface area contributed by atoms with Crippen LogP contribution in [0.1, 0.15) is 44.3 Å². The summed E-state index contributed by atoms with van der Waals surface area (Å²) in [6.45, 7) is 2.27. The first-order valence-electron chi connectivity index (χ1n) is 7.24. The molecule has 2 aliphatic rings. The van der Waals surface area contributed by atoms with E-state index >= 15 is 0 Å². The third kappa shape index (κ3) is 2.62. The summed E-state index contributed by atoms with van der Waals surface area (Å²) in [7, 11) is 0. The van der Waals surface area contributed by atoms with Crippen LogP contribution in [0.25, 0.3) is 0 Å². The standard InChI is InChI=1S/C16H21FO2/c1-10(18)15-5-4-14(8-16(15)17)19-9-13-7-11-2-3-12(13)6-11/h4-5,8,10-13,18H,2-3,6-7,9H2,1H3/t10-,11?,12?,13?/m1/s1. The number of ether oxygens (including phenoxy) is 1. The number of hydrogen-bond donors (Lipinski definition) is 1. The lowest BCUT2D eigenvalue weighted by atomic mass is 9.89. The van der Waals surface area contributed by atoms with Gasteiger partial charge in [0.25, 0.3) is 0 Å². The van der Waals surface area contributed by atoms with Crippen LogP contribution in [0, 0.1) is 23.6 Å². The second-order valence-corrected chi connectivity index (χ2v) is 6.11. The maximum atomic E-state index is 13.7. The summed E-state index contributed by atoms with van der Waals surface area (Å²) >= 11 is 0. The summed E-state index contributed by atoms with van der Waals surface area (Å²) in [5.74, 6) is 2.57. The van der Waals surface area contributed by atoms with E-state index in [0.29, 0.717) is 23.8 Å². The molecule has 1 N–H and O–H groups in total. The minimum atomic E-state index is -0.778. The van der Waals surface area contributed by atoms with Crippen LogP contribution in [0.5, 0.6) is 5.75 Å². The van der Waals surface area contributed by atoms with Crippen LogP contribution in [-0.4, -0.2) is 11.7 Å². The third-order valence-electron chi connectivity index (χ3n) is 4.77. The Kier molecular flexibility index (Phi) is 3.48. The molecule has 0 aromatic heterocycles. The molecule has 2 bridgehead atoms. The molecule has 0 heterocycles. The van der Waals surface area contributed by atoms with E-state index in [1.165, 1.54) is 31.7 Å². The minimum absolute atomic E-state index is 0.326. The van der Waals surface area contributed by atoms with Crippen molar-refractivity contribution >= 4 is 0 Å². The molecule has 3 heteroatoms. The summed E-state index contributed by atoms with van der Waals surface area (Å²) in [4.78, 5) is 0. The number of benzene rings is 1. The van der Waals surface area contributed by atoms with Gasteiger partial charge in [0, 0.05) is 11.6 Å². The maximum absolute atomic E-state index is 13.7. The van der Waals surface area contributed by atoms with Crippen molar-refractivity contribution in [2.75, 3.05) is 6.61 Å². The Morgan fingerprint density at radius 1 is 1.37 bits per heavy atom. The van der Waals surface area contributed by atoms with Crippen molar-refractivity contribution in [2.24, 2.45) is 17.8 Å². The Morgan fingerprint density at radius 2 is 2.21 bits per heavy atom. The van der Waals surface area contributed by atoms with Crippen molar-refractivity contribution in [3.05, 3.63) is 29.6 Å². The molecule has 2 nitrogen and oxygen atoms in total. The zero-order valence-electron chi connectivity index (χ0n) is 11.3. The maximum Gasteiger partial charge on any atom is 0.132 e. The molecule has 2 fully saturated rings. The first-order chi connectivity index (χ1) is 9.13. The van der Waals surface area contributed by atoms with Crippen LogP contribution >= 0.6 is 0 Å². The lowest BCUT2D eigenvalue weighted by molar-refractivity contribution is 0.189. The van der Waals surface area contributed by atoms with Gasteiger partial charge in [-0.05, 0) is 56.1 Å². The largest absolute Gasteiger partial charge is 0.493 e. The van der Waals surface area contributed by atoms with E-state index in [1.54, 1.807) is 19.1 Å². The highest BCUT2D eigenvalue weighted by Crippen LogP contribution is 2.48. The van der Waals surface area contributed by atoms with Crippen molar-refractivity contribution in [1.82, 2.24) is 0 Å². The molecule has 2 aliphatic carbocycles. The Morgan fingerprint density at radius 3 is 2.79 bits per heavy atom. The summed E-state index contributed by atoms with van der Waals surface area (Å²) in [6.07, 6.45) is 4.59. The normalized spacial score (nSPS) is 30.6. The van der Waals surface area contributed by atoms with Crippen LogP contribution in [0.4, 0.5) is 4.39 Å². The molecule has 0 amide bonds. The van der Waals surface area contributed by atoms with Gasteiger partial charge in [-0.2, -0.15) is 0 Å². The lowest BCUT2D eigenvalue weighted by Gasteiger charge is -2.21. The lowest BCUT2D eigenvalue weighted by Crippen LogP contribution is -2.18. The minimum Gasteiger partial charge on any atom is -0.493 e. The fourth-order valence-electron chi connectivity index (χ4n) is 3.72. The average Bonchev–Trinajstić information content (AvgIpc) is 2.98. The molecule has 4 atom stereocenters. The molecule has 3 unspecified atom stereocenters. The van der Waals surface area contributed by atoms with E-state index in [0.717, 1.165) is 11.8 Å². The highest BCUT2D eigenvalue weighted by Gasteiger charge is 2.39. The van der Waals surface area contributed by atoms with Gasteiger partial charge in [-0.1, -0.05) is 6.42 Å². The Balaban J connectivity index is 1.60. The molecule has 2 saturated carbocycles. The van der Waals surface area contributed by atoms with Gasteiger partial charge < -0.3 is 9.84 Å². The molecule has 1 aromatic carbocycles. The highest BCUT2D eigenvalue weighted by molar-refractivity contribution is 5.30. The smallest absolute Gasteiger partial charge is 0.132 e. The SMILES string of the molecule is C[C@@H](O)c1ccc(OCC2CC3CCC2C3)cc1F. The van der Waals surface area contributed by atoms with Crippen LogP contribution in [0.3, 0.4) is 0 Å². The van der Waals surface area contributed by atoms with Crippen molar-refractivity contribution in [2.45, 2.75) is 38.7 Å². The van der Waals surface area contributed by atoms with E-state index in [9.17, 15) is 9.50 Å². The Labute approximate surface area is 113 Å². The van der Waals surface area contributed by atoms with Gasteiger partial charge in [-0.15, -0.1) is 0 Å². The number of aliphatic hydroxyl groups excluding tert-OH is 1. The van der Waals surface area contributed by atoms with Crippen LogP contribution in [0.2, 0.25) is 0 Å². The molecule has 0 spiro atoms. The number of rotatable bonds is 4. The summed E-state index contributed by atoms with van der Waals surface area (Å²) in [6, 6.07) is 4.74. The molecular weight excluding hydrogens is 243 g/mol. The molecule has 19 heavy (non-hydrogen) atoms. The zero-order chi connectivity index (χ0) is 13.4. The Bertz CT molecular complexity index is 458. The van der Waals surface area contributed by atoms with Gasteiger partial charge in [0.05, 0.1) is 12.7 Å². The van der Waals surface area contributed by atoms with E-state index in [1.807, 2.05) is 0 Å². The van der Waals surface area contributed by atoms with Crippen molar-refractivity contribution in [1.29, 1.82) is 0 Å². The van der Waals surface area contributed by atoms with Gasteiger partial charge in [-0.3, -0.25) is 0 Å². The molecule has 0 aliphatic heterocycles. The van der Waals surface area contributed by atoms with Gasteiger partial charge in [0.2, 0.25) is 0 Å².